The summed E-state index contributed by atoms with van der Waals surface area (Å²) in [6.07, 6.45) is 0.914. The van der Waals surface area contributed by atoms with Gasteiger partial charge in [-0.05, 0) is 24.5 Å². The number of β-amino-alcohol motifs (C(OH)–C–C–N with tert-alkyl or cyclic N) is 1. The molecule has 35 heavy (non-hydrogen) atoms. The summed E-state index contributed by atoms with van der Waals surface area (Å²) < 4.78 is 28.5. The number of rotatable bonds is 7. The number of aliphatic hydroxyl groups excluding tert-OH is 1. The summed E-state index contributed by atoms with van der Waals surface area (Å²) in [5.41, 5.74) is 0.717. The number of nitrogens with one attached hydrogen (secondary N) is 1. The Morgan fingerprint density at radius 3 is 2.46 bits per heavy atom. The standard InChI is InChI=1S/C23H34N6O5S/c1-15-7-9-18(10-8-15)35(33,34)27(6)12-16-13-29(26-25-16)20(23(2,3)4)22(32)28-14-17(30)11-19(28)21(31)24-5/h7-10,13,17,19-20,30H,11-12,14H2,1-6H3,(H,24,31)/t17-,19+,20-/m1/s1. The Labute approximate surface area is 206 Å². The highest BCUT2D eigenvalue weighted by Crippen LogP contribution is 2.34. The average molecular weight is 507 g/mol. The van der Waals surface area contributed by atoms with Crippen molar-refractivity contribution in [3.05, 3.63) is 41.7 Å². The van der Waals surface area contributed by atoms with E-state index in [9.17, 15) is 23.1 Å². The molecule has 2 N–H and O–H groups in total. The second-order valence-corrected chi connectivity index (χ2v) is 12.1. The van der Waals surface area contributed by atoms with Crippen LogP contribution in [-0.4, -0.2) is 82.3 Å². The number of hydrogen-bond donors (Lipinski definition) is 2. The van der Waals surface area contributed by atoms with Crippen molar-refractivity contribution in [1.82, 2.24) is 29.5 Å². The van der Waals surface area contributed by atoms with Crippen LogP contribution in [0.2, 0.25) is 0 Å². The largest absolute Gasteiger partial charge is 0.391 e. The molecule has 1 aromatic heterocycles. The number of aromatic nitrogens is 3. The quantitative estimate of drug-likeness (QED) is 0.564. The second-order valence-electron chi connectivity index (χ2n) is 10.0. The predicted molar refractivity (Wildman–Crippen MR) is 129 cm³/mol. The van der Waals surface area contributed by atoms with E-state index in [-0.39, 0.29) is 36.2 Å². The van der Waals surface area contributed by atoms with Gasteiger partial charge >= 0.3 is 0 Å². The highest BCUT2D eigenvalue weighted by atomic mass is 32.2. The van der Waals surface area contributed by atoms with E-state index in [1.165, 1.54) is 28.0 Å². The fourth-order valence-electron chi connectivity index (χ4n) is 4.23. The van der Waals surface area contributed by atoms with Crippen LogP contribution < -0.4 is 5.32 Å². The molecule has 1 aliphatic rings. The summed E-state index contributed by atoms with van der Waals surface area (Å²) in [5, 5.41) is 20.9. The monoisotopic (exact) mass is 506 g/mol. The van der Waals surface area contributed by atoms with Gasteiger partial charge in [-0.2, -0.15) is 4.31 Å². The van der Waals surface area contributed by atoms with Crippen LogP contribution in [-0.2, 0) is 26.2 Å². The van der Waals surface area contributed by atoms with E-state index in [4.69, 9.17) is 0 Å². The molecule has 192 valence electrons. The van der Waals surface area contributed by atoms with Crippen molar-refractivity contribution in [1.29, 1.82) is 0 Å². The zero-order valence-corrected chi connectivity index (χ0v) is 21.8. The van der Waals surface area contributed by atoms with E-state index < -0.39 is 33.6 Å². The van der Waals surface area contributed by atoms with E-state index in [2.05, 4.69) is 15.6 Å². The number of benzene rings is 1. The van der Waals surface area contributed by atoms with Gasteiger partial charge in [0.25, 0.3) is 0 Å². The molecular formula is C23H34N6O5S. The molecule has 0 bridgehead atoms. The first kappa shape index (κ1) is 26.8. The average Bonchev–Trinajstić information content (AvgIpc) is 3.39. The van der Waals surface area contributed by atoms with Gasteiger partial charge in [-0.15, -0.1) is 5.10 Å². The first-order valence-corrected chi connectivity index (χ1v) is 12.8. The van der Waals surface area contributed by atoms with Gasteiger partial charge in [-0.25, -0.2) is 13.1 Å². The predicted octanol–water partition coefficient (Wildman–Crippen LogP) is 0.702. The lowest BCUT2D eigenvalue weighted by Crippen LogP contribution is -2.49. The SMILES string of the molecule is CNC(=O)[C@@H]1C[C@@H](O)CN1C(=O)[C@@H](n1cc(CN(C)S(=O)(=O)c2ccc(C)cc2)nn1)C(C)(C)C. The minimum absolute atomic E-state index is 0.0371. The molecule has 1 fully saturated rings. The van der Waals surface area contributed by atoms with E-state index in [1.54, 1.807) is 30.5 Å². The van der Waals surface area contributed by atoms with Crippen LogP contribution in [0.15, 0.2) is 35.4 Å². The summed E-state index contributed by atoms with van der Waals surface area (Å²) in [7, 11) is -0.793. The van der Waals surface area contributed by atoms with Crippen LogP contribution >= 0.6 is 0 Å². The van der Waals surface area contributed by atoms with Crippen molar-refractivity contribution < 1.29 is 23.1 Å². The molecule has 0 aliphatic carbocycles. The summed E-state index contributed by atoms with van der Waals surface area (Å²) in [5.74, 6) is -0.704. The molecule has 2 heterocycles. The fourth-order valence-corrected chi connectivity index (χ4v) is 5.37. The molecule has 0 unspecified atom stereocenters. The minimum Gasteiger partial charge on any atom is -0.391 e. The number of hydrogen-bond acceptors (Lipinski definition) is 7. The van der Waals surface area contributed by atoms with Crippen molar-refractivity contribution in [2.45, 2.75) is 63.7 Å². The minimum atomic E-state index is -3.74. The van der Waals surface area contributed by atoms with E-state index in [1.807, 2.05) is 27.7 Å². The molecule has 0 saturated carbocycles. The fraction of sp³-hybridized carbons (Fsp3) is 0.565. The Balaban J connectivity index is 1.85. The topological polar surface area (TPSA) is 138 Å². The molecule has 12 heteroatoms. The molecule has 2 aromatic rings. The Hall–Kier alpha value is -2.83. The molecule has 1 aliphatic heterocycles. The number of aryl methyl sites for hydroxylation is 1. The Kier molecular flexibility index (Phi) is 7.68. The van der Waals surface area contributed by atoms with E-state index >= 15 is 0 Å². The van der Waals surface area contributed by atoms with Crippen molar-refractivity contribution in [2.75, 3.05) is 20.6 Å². The summed E-state index contributed by atoms with van der Waals surface area (Å²) >= 11 is 0. The van der Waals surface area contributed by atoms with Crippen LogP contribution in [0.5, 0.6) is 0 Å². The molecular weight excluding hydrogens is 472 g/mol. The van der Waals surface area contributed by atoms with Crippen molar-refractivity contribution >= 4 is 21.8 Å². The maximum absolute atomic E-state index is 13.6. The zero-order chi connectivity index (χ0) is 26.1. The third-order valence-electron chi connectivity index (χ3n) is 6.10. The Morgan fingerprint density at radius 1 is 1.26 bits per heavy atom. The summed E-state index contributed by atoms with van der Waals surface area (Å²) in [6, 6.07) is 4.98. The lowest BCUT2D eigenvalue weighted by molar-refractivity contribution is -0.144. The van der Waals surface area contributed by atoms with Crippen LogP contribution in [0.3, 0.4) is 0 Å². The molecule has 11 nitrogen and oxygen atoms in total. The lowest BCUT2D eigenvalue weighted by atomic mass is 9.85. The van der Waals surface area contributed by atoms with E-state index in [0.29, 0.717) is 5.69 Å². The second kappa shape index (κ2) is 10.0. The van der Waals surface area contributed by atoms with Crippen LogP contribution in [0.25, 0.3) is 0 Å². The van der Waals surface area contributed by atoms with Crippen molar-refractivity contribution in [2.24, 2.45) is 5.41 Å². The first-order chi connectivity index (χ1) is 16.3. The van der Waals surface area contributed by atoms with Gasteiger partial charge < -0.3 is 15.3 Å². The molecule has 2 amide bonds. The summed E-state index contributed by atoms with van der Waals surface area (Å²) in [6.45, 7) is 7.49. The third kappa shape index (κ3) is 5.71. The molecule has 3 rings (SSSR count). The highest BCUT2D eigenvalue weighted by molar-refractivity contribution is 7.89. The maximum Gasteiger partial charge on any atom is 0.248 e. The lowest BCUT2D eigenvalue weighted by Gasteiger charge is -2.34. The third-order valence-corrected chi connectivity index (χ3v) is 7.92. The number of amides is 2. The first-order valence-electron chi connectivity index (χ1n) is 11.4. The number of aliphatic hydroxyl groups is 1. The molecule has 0 radical (unpaired) electrons. The van der Waals surface area contributed by atoms with Crippen LogP contribution in [0, 0.1) is 12.3 Å². The Morgan fingerprint density at radius 2 is 1.89 bits per heavy atom. The smallest absolute Gasteiger partial charge is 0.248 e. The van der Waals surface area contributed by atoms with Crippen LogP contribution in [0.1, 0.15) is 44.5 Å². The van der Waals surface area contributed by atoms with E-state index in [0.717, 1.165) is 5.56 Å². The van der Waals surface area contributed by atoms with Crippen molar-refractivity contribution in [3.8, 4) is 0 Å². The van der Waals surface area contributed by atoms with Gasteiger partial charge in [-0.3, -0.25) is 9.59 Å². The van der Waals surface area contributed by atoms with Crippen LogP contribution in [0.4, 0.5) is 0 Å². The number of likely N-dealkylation sites (tertiary alicyclic amines) is 1. The number of nitrogens with zero attached hydrogens (tertiary/aromatic N) is 5. The molecule has 0 spiro atoms. The van der Waals surface area contributed by atoms with Gasteiger partial charge in [0.1, 0.15) is 12.1 Å². The molecule has 1 saturated heterocycles. The number of likely N-dealkylation sites (N-methyl/N-ethyl adjacent to an activating group) is 1. The van der Waals surface area contributed by atoms with Gasteiger partial charge in [0.15, 0.2) is 0 Å². The highest BCUT2D eigenvalue weighted by Gasteiger charge is 2.45. The molecule has 3 atom stereocenters. The molecule has 1 aromatic carbocycles. The summed E-state index contributed by atoms with van der Waals surface area (Å²) in [4.78, 5) is 27.5. The number of carbonyl (C=O) groups is 2. The van der Waals surface area contributed by atoms with Gasteiger partial charge in [-0.1, -0.05) is 43.7 Å². The number of sulfonamides is 1. The number of carbonyl (C=O) groups excluding carboxylic acids is 2. The maximum atomic E-state index is 13.6. The van der Waals surface area contributed by atoms with Crippen molar-refractivity contribution in [3.63, 3.8) is 0 Å². The van der Waals surface area contributed by atoms with Gasteiger partial charge in [0, 0.05) is 27.1 Å². The normalized spacial score (nSPS) is 19.7. The van der Waals surface area contributed by atoms with Gasteiger partial charge in [0.05, 0.1) is 29.4 Å². The Bertz CT molecular complexity index is 1170. The van der Waals surface area contributed by atoms with Gasteiger partial charge in [0.2, 0.25) is 21.8 Å². The zero-order valence-electron chi connectivity index (χ0n) is 21.0.